The van der Waals surface area contributed by atoms with E-state index in [4.69, 9.17) is 0 Å². The molecule has 0 fully saturated rings. The molecule has 19 heavy (non-hydrogen) atoms. The van der Waals surface area contributed by atoms with E-state index in [1.165, 1.54) is 5.56 Å². The van der Waals surface area contributed by atoms with Crippen LogP contribution in [0.25, 0.3) is 0 Å². The molecule has 1 N–H and O–H groups in total. The SMILES string of the molecule is CC(C)(C)NCc1ccnc(Cc2ccccc2)n1. The molecule has 0 aliphatic carbocycles. The van der Waals surface area contributed by atoms with Gasteiger partial charge >= 0.3 is 0 Å². The Hall–Kier alpha value is -1.74. The Morgan fingerprint density at radius 2 is 1.79 bits per heavy atom. The molecular weight excluding hydrogens is 234 g/mol. The van der Waals surface area contributed by atoms with Crippen molar-refractivity contribution in [1.82, 2.24) is 15.3 Å². The van der Waals surface area contributed by atoms with Crippen molar-refractivity contribution < 1.29 is 0 Å². The molecule has 3 nitrogen and oxygen atoms in total. The first kappa shape index (κ1) is 13.7. The predicted octanol–water partition coefficient (Wildman–Crippen LogP) is 2.96. The van der Waals surface area contributed by atoms with Crippen molar-refractivity contribution in [2.45, 2.75) is 39.3 Å². The van der Waals surface area contributed by atoms with Crippen molar-refractivity contribution in [1.29, 1.82) is 0 Å². The molecule has 100 valence electrons. The van der Waals surface area contributed by atoms with Crippen LogP contribution < -0.4 is 5.32 Å². The van der Waals surface area contributed by atoms with Gasteiger partial charge in [-0.2, -0.15) is 0 Å². The van der Waals surface area contributed by atoms with E-state index < -0.39 is 0 Å². The molecule has 0 radical (unpaired) electrons. The number of nitrogens with zero attached hydrogens (tertiary/aromatic N) is 2. The Labute approximate surface area is 115 Å². The van der Waals surface area contributed by atoms with Gasteiger partial charge in [-0.15, -0.1) is 0 Å². The highest BCUT2D eigenvalue weighted by Crippen LogP contribution is 2.06. The third-order valence-corrected chi connectivity index (χ3v) is 2.77. The van der Waals surface area contributed by atoms with Crippen molar-refractivity contribution in [3.05, 3.63) is 59.7 Å². The third kappa shape index (κ3) is 4.79. The molecule has 0 atom stereocenters. The molecule has 0 unspecified atom stereocenters. The average Bonchev–Trinajstić information content (AvgIpc) is 2.37. The van der Waals surface area contributed by atoms with Gasteiger partial charge in [0.25, 0.3) is 0 Å². The van der Waals surface area contributed by atoms with Crippen LogP contribution in [0.15, 0.2) is 42.6 Å². The maximum atomic E-state index is 4.60. The summed E-state index contributed by atoms with van der Waals surface area (Å²) in [5, 5.41) is 3.44. The van der Waals surface area contributed by atoms with Crippen molar-refractivity contribution in [3.63, 3.8) is 0 Å². The van der Waals surface area contributed by atoms with E-state index in [0.29, 0.717) is 0 Å². The number of rotatable bonds is 4. The largest absolute Gasteiger partial charge is 0.306 e. The molecule has 2 aromatic rings. The average molecular weight is 255 g/mol. The summed E-state index contributed by atoms with van der Waals surface area (Å²) in [6.45, 7) is 7.23. The second-order valence-electron chi connectivity index (χ2n) is 5.73. The summed E-state index contributed by atoms with van der Waals surface area (Å²) in [7, 11) is 0. The lowest BCUT2D eigenvalue weighted by Crippen LogP contribution is -2.35. The van der Waals surface area contributed by atoms with E-state index in [0.717, 1.165) is 24.5 Å². The van der Waals surface area contributed by atoms with Crippen molar-refractivity contribution >= 4 is 0 Å². The van der Waals surface area contributed by atoms with Crippen LogP contribution in [0.1, 0.15) is 37.9 Å². The first-order chi connectivity index (χ1) is 9.03. The second kappa shape index (κ2) is 5.93. The first-order valence-corrected chi connectivity index (χ1v) is 6.63. The number of nitrogens with one attached hydrogen (secondary N) is 1. The first-order valence-electron chi connectivity index (χ1n) is 6.63. The molecule has 0 aliphatic heterocycles. The fraction of sp³-hybridized carbons (Fsp3) is 0.375. The predicted molar refractivity (Wildman–Crippen MR) is 77.9 cm³/mol. The molecule has 3 heteroatoms. The van der Waals surface area contributed by atoms with E-state index in [-0.39, 0.29) is 5.54 Å². The quantitative estimate of drug-likeness (QED) is 0.912. The normalized spacial score (nSPS) is 11.5. The zero-order valence-electron chi connectivity index (χ0n) is 11.9. The summed E-state index contributed by atoms with van der Waals surface area (Å²) in [5.41, 5.74) is 2.38. The second-order valence-corrected chi connectivity index (χ2v) is 5.73. The lowest BCUT2D eigenvalue weighted by Gasteiger charge is -2.20. The molecule has 1 aromatic heterocycles. The van der Waals surface area contributed by atoms with E-state index >= 15 is 0 Å². The molecule has 1 heterocycles. The van der Waals surface area contributed by atoms with Gasteiger partial charge in [-0.25, -0.2) is 9.97 Å². The third-order valence-electron chi connectivity index (χ3n) is 2.77. The van der Waals surface area contributed by atoms with Crippen LogP contribution in [-0.4, -0.2) is 15.5 Å². The molecule has 2 rings (SSSR count). The van der Waals surface area contributed by atoms with E-state index in [1.54, 1.807) is 0 Å². The highest BCUT2D eigenvalue weighted by molar-refractivity contribution is 5.19. The zero-order valence-corrected chi connectivity index (χ0v) is 11.9. The van der Waals surface area contributed by atoms with Crippen molar-refractivity contribution in [2.24, 2.45) is 0 Å². The maximum Gasteiger partial charge on any atom is 0.132 e. The molecule has 0 saturated carbocycles. The number of benzene rings is 1. The molecule has 0 aliphatic rings. The van der Waals surface area contributed by atoms with Crippen LogP contribution >= 0.6 is 0 Å². The molecule has 0 spiro atoms. The topological polar surface area (TPSA) is 37.8 Å². The fourth-order valence-electron chi connectivity index (χ4n) is 1.76. The van der Waals surface area contributed by atoms with Crippen LogP contribution in [0, 0.1) is 0 Å². The summed E-state index contributed by atoms with van der Waals surface area (Å²) < 4.78 is 0. The lowest BCUT2D eigenvalue weighted by molar-refractivity contribution is 0.420. The van der Waals surface area contributed by atoms with E-state index in [2.05, 4.69) is 48.2 Å². The molecule has 0 bridgehead atoms. The van der Waals surface area contributed by atoms with Gasteiger partial charge in [-0.05, 0) is 32.4 Å². The van der Waals surface area contributed by atoms with E-state index in [9.17, 15) is 0 Å². The van der Waals surface area contributed by atoms with Gasteiger partial charge in [0.15, 0.2) is 0 Å². The van der Waals surface area contributed by atoms with Gasteiger partial charge in [0.05, 0.1) is 5.69 Å². The van der Waals surface area contributed by atoms with Crippen LogP contribution in [0.3, 0.4) is 0 Å². The molecule has 0 amide bonds. The van der Waals surface area contributed by atoms with Gasteiger partial charge in [0.2, 0.25) is 0 Å². The van der Waals surface area contributed by atoms with Crippen LogP contribution in [0.2, 0.25) is 0 Å². The van der Waals surface area contributed by atoms with Crippen LogP contribution in [0.4, 0.5) is 0 Å². The number of hydrogen-bond acceptors (Lipinski definition) is 3. The van der Waals surface area contributed by atoms with Crippen LogP contribution in [0.5, 0.6) is 0 Å². The van der Waals surface area contributed by atoms with Gasteiger partial charge in [0, 0.05) is 24.7 Å². The summed E-state index contributed by atoms with van der Waals surface area (Å²) >= 11 is 0. The lowest BCUT2D eigenvalue weighted by atomic mass is 10.1. The number of hydrogen-bond donors (Lipinski definition) is 1. The van der Waals surface area contributed by atoms with Crippen molar-refractivity contribution in [2.75, 3.05) is 0 Å². The Balaban J connectivity index is 2.03. The highest BCUT2D eigenvalue weighted by Gasteiger charge is 2.09. The van der Waals surface area contributed by atoms with Gasteiger partial charge < -0.3 is 5.32 Å². The number of aromatic nitrogens is 2. The van der Waals surface area contributed by atoms with Crippen molar-refractivity contribution in [3.8, 4) is 0 Å². The standard InChI is InChI=1S/C16H21N3/c1-16(2,3)18-12-14-9-10-17-15(19-14)11-13-7-5-4-6-8-13/h4-10,18H,11-12H2,1-3H3. The monoisotopic (exact) mass is 255 g/mol. The summed E-state index contributed by atoms with van der Waals surface area (Å²) in [6, 6.07) is 12.3. The molecular formula is C16H21N3. The van der Waals surface area contributed by atoms with Gasteiger partial charge in [-0.1, -0.05) is 30.3 Å². The summed E-state index contributed by atoms with van der Waals surface area (Å²) in [6.07, 6.45) is 2.62. The molecule has 1 aromatic carbocycles. The van der Waals surface area contributed by atoms with Gasteiger partial charge in [-0.3, -0.25) is 0 Å². The Morgan fingerprint density at radius 3 is 2.47 bits per heavy atom. The smallest absolute Gasteiger partial charge is 0.132 e. The minimum Gasteiger partial charge on any atom is -0.306 e. The summed E-state index contributed by atoms with van der Waals surface area (Å²) in [5.74, 6) is 0.874. The van der Waals surface area contributed by atoms with Crippen LogP contribution in [-0.2, 0) is 13.0 Å². The molecule has 0 saturated heterocycles. The Morgan fingerprint density at radius 1 is 1.05 bits per heavy atom. The van der Waals surface area contributed by atoms with Gasteiger partial charge in [0.1, 0.15) is 5.82 Å². The Kier molecular flexibility index (Phi) is 4.27. The van der Waals surface area contributed by atoms with E-state index in [1.807, 2.05) is 30.5 Å². The maximum absolute atomic E-state index is 4.60. The zero-order chi connectivity index (χ0) is 13.7. The highest BCUT2D eigenvalue weighted by atomic mass is 15.0. The minimum atomic E-state index is 0.102. The minimum absolute atomic E-state index is 0.102. The fourth-order valence-corrected chi connectivity index (χ4v) is 1.76. The Bertz CT molecular complexity index is 515. The summed E-state index contributed by atoms with van der Waals surface area (Å²) in [4.78, 5) is 8.94.